The van der Waals surface area contributed by atoms with Gasteiger partial charge < -0.3 is 10.5 Å². The maximum atomic E-state index is 13.4. The molecule has 0 aliphatic rings. The van der Waals surface area contributed by atoms with Gasteiger partial charge in [0.15, 0.2) is 6.61 Å². The Kier molecular flexibility index (Phi) is 6.35. The second-order valence-corrected chi connectivity index (χ2v) is 6.55. The molecular weight excluding hydrogens is 386 g/mol. The van der Waals surface area contributed by atoms with Crippen LogP contribution < -0.4 is 10.5 Å². The van der Waals surface area contributed by atoms with E-state index in [1.165, 1.54) is 0 Å². The van der Waals surface area contributed by atoms with Crippen LogP contribution in [0.15, 0.2) is 24.3 Å². The average Bonchev–Trinajstić information content (AvgIpc) is 2.53. The predicted octanol–water partition coefficient (Wildman–Crippen LogP) is 4.60. The van der Waals surface area contributed by atoms with Crippen molar-refractivity contribution in [2.75, 3.05) is 12.3 Å². The van der Waals surface area contributed by atoms with Crippen molar-refractivity contribution in [3.8, 4) is 5.88 Å². The lowest BCUT2D eigenvalue weighted by molar-refractivity contribution is -0.112. The van der Waals surface area contributed by atoms with Crippen LogP contribution >= 0.6 is 46.6 Å². The second kappa shape index (κ2) is 8.06. The molecule has 1 aromatic heterocycles. The van der Waals surface area contributed by atoms with E-state index in [2.05, 4.69) is 4.98 Å². The largest absolute Gasteiger partial charge is 0.467 e. The Labute approximate surface area is 151 Å². The van der Waals surface area contributed by atoms with Gasteiger partial charge in [0.05, 0.1) is 5.69 Å². The third-order valence-corrected chi connectivity index (χ3v) is 4.53. The number of nitrogens with two attached hydrogens (primary N) is 1. The number of nitrogens with zero attached hydrogens (tertiary/aromatic N) is 1. The third-order valence-electron chi connectivity index (χ3n) is 2.66. The molecular formula is C14H10Cl3FN2O2S. The molecule has 0 saturated carbocycles. The molecule has 0 radical (unpaired) electrons. The molecule has 23 heavy (non-hydrogen) atoms. The Morgan fingerprint density at radius 3 is 2.74 bits per heavy atom. The van der Waals surface area contributed by atoms with Gasteiger partial charge in [0.2, 0.25) is 16.9 Å². The number of halogens is 4. The standard InChI is InChI=1S/C14H10Cl3FN2O2S/c15-8-3-1-2-7(4-8)6-23-9(21)5-22-14-11(17)12(19)10(16)13(18)20-14/h1-4H,5-6H2,(H2,19,20). The highest BCUT2D eigenvalue weighted by Crippen LogP contribution is 2.35. The molecule has 4 nitrogen and oxygen atoms in total. The van der Waals surface area contributed by atoms with Crippen molar-refractivity contribution < 1.29 is 13.9 Å². The number of hydrogen-bond donors (Lipinski definition) is 1. The number of carbonyl (C=O) groups excluding carboxylic acids is 1. The zero-order valence-electron chi connectivity index (χ0n) is 11.5. The summed E-state index contributed by atoms with van der Waals surface area (Å²) in [5, 5.41) is -0.209. The fourth-order valence-corrected chi connectivity index (χ4v) is 2.80. The van der Waals surface area contributed by atoms with Crippen LogP contribution in [0.5, 0.6) is 5.88 Å². The first kappa shape index (κ1) is 18.1. The number of ether oxygens (including phenoxy) is 1. The molecule has 0 amide bonds. The number of hydrogen-bond acceptors (Lipinski definition) is 5. The highest BCUT2D eigenvalue weighted by atomic mass is 35.5. The van der Waals surface area contributed by atoms with Crippen molar-refractivity contribution in [1.82, 2.24) is 4.98 Å². The number of pyridine rings is 1. The third kappa shape index (κ3) is 4.88. The van der Waals surface area contributed by atoms with Gasteiger partial charge >= 0.3 is 0 Å². The van der Waals surface area contributed by atoms with Gasteiger partial charge in [-0.05, 0) is 17.7 Å². The van der Waals surface area contributed by atoms with E-state index in [0.29, 0.717) is 10.8 Å². The number of benzene rings is 1. The van der Waals surface area contributed by atoms with E-state index in [1.807, 2.05) is 6.07 Å². The second-order valence-electron chi connectivity index (χ2n) is 4.33. The van der Waals surface area contributed by atoms with Crippen molar-refractivity contribution in [3.63, 3.8) is 0 Å². The van der Waals surface area contributed by atoms with Crippen LogP contribution in [0.4, 0.5) is 10.1 Å². The summed E-state index contributed by atoms with van der Waals surface area (Å²) in [6.45, 7) is -0.335. The number of rotatable bonds is 5. The quantitative estimate of drug-likeness (QED) is 0.749. The summed E-state index contributed by atoms with van der Waals surface area (Å²) >= 11 is 18.3. The molecule has 0 atom stereocenters. The van der Waals surface area contributed by atoms with Crippen molar-refractivity contribution in [2.24, 2.45) is 0 Å². The SMILES string of the molecule is Nc1c(Cl)c(F)nc(OCC(=O)SCc2cccc(Cl)c2)c1Cl. The Hall–Kier alpha value is -1.21. The molecule has 0 unspecified atom stereocenters. The molecule has 0 bridgehead atoms. The molecule has 0 aliphatic heterocycles. The minimum Gasteiger partial charge on any atom is -0.467 e. The van der Waals surface area contributed by atoms with Crippen LogP contribution in [0.1, 0.15) is 5.56 Å². The van der Waals surface area contributed by atoms with E-state index < -0.39 is 5.95 Å². The van der Waals surface area contributed by atoms with Crippen LogP contribution in [0.25, 0.3) is 0 Å². The van der Waals surface area contributed by atoms with Crippen molar-refractivity contribution in [1.29, 1.82) is 0 Å². The predicted molar refractivity (Wildman–Crippen MR) is 91.9 cm³/mol. The normalized spacial score (nSPS) is 10.6. The van der Waals surface area contributed by atoms with E-state index in [1.54, 1.807) is 18.2 Å². The summed E-state index contributed by atoms with van der Waals surface area (Å²) < 4.78 is 18.5. The Balaban J connectivity index is 1.92. The highest BCUT2D eigenvalue weighted by molar-refractivity contribution is 8.13. The van der Waals surface area contributed by atoms with E-state index in [9.17, 15) is 9.18 Å². The topological polar surface area (TPSA) is 65.2 Å². The number of carbonyl (C=O) groups is 1. The van der Waals surface area contributed by atoms with Gasteiger partial charge in [-0.15, -0.1) is 0 Å². The maximum Gasteiger partial charge on any atom is 0.238 e. The summed E-state index contributed by atoms with van der Waals surface area (Å²) in [7, 11) is 0. The van der Waals surface area contributed by atoms with Crippen molar-refractivity contribution >= 4 is 57.4 Å². The van der Waals surface area contributed by atoms with Gasteiger partial charge in [-0.1, -0.05) is 58.7 Å². The summed E-state index contributed by atoms with van der Waals surface area (Å²) in [5.41, 5.74) is 6.22. The van der Waals surface area contributed by atoms with Crippen molar-refractivity contribution in [3.05, 3.63) is 50.8 Å². The van der Waals surface area contributed by atoms with Gasteiger partial charge in [0, 0.05) is 10.8 Å². The fraction of sp³-hybridized carbons (Fsp3) is 0.143. The first-order valence-corrected chi connectivity index (χ1v) is 8.33. The van der Waals surface area contributed by atoms with Crippen LogP contribution in [-0.4, -0.2) is 16.7 Å². The zero-order valence-corrected chi connectivity index (χ0v) is 14.6. The minimum absolute atomic E-state index is 0.135. The monoisotopic (exact) mass is 394 g/mol. The molecule has 1 aromatic carbocycles. The average molecular weight is 396 g/mol. The summed E-state index contributed by atoms with van der Waals surface area (Å²) in [5.74, 6) is -0.855. The van der Waals surface area contributed by atoms with Crippen molar-refractivity contribution in [2.45, 2.75) is 5.75 Å². The molecule has 2 N–H and O–H groups in total. The lowest BCUT2D eigenvalue weighted by Gasteiger charge is -2.09. The molecule has 0 spiro atoms. The lowest BCUT2D eigenvalue weighted by Crippen LogP contribution is -2.10. The highest BCUT2D eigenvalue weighted by Gasteiger charge is 2.17. The van der Waals surface area contributed by atoms with Gasteiger partial charge in [-0.2, -0.15) is 9.37 Å². The first-order valence-electron chi connectivity index (χ1n) is 6.21. The molecule has 2 rings (SSSR count). The fourth-order valence-electron chi connectivity index (χ4n) is 1.57. The molecule has 2 aromatic rings. The summed E-state index contributed by atoms with van der Waals surface area (Å²) in [6, 6.07) is 7.15. The van der Waals surface area contributed by atoms with E-state index in [-0.39, 0.29) is 33.3 Å². The van der Waals surface area contributed by atoms with E-state index >= 15 is 0 Å². The van der Waals surface area contributed by atoms with Gasteiger partial charge in [-0.3, -0.25) is 4.79 Å². The molecule has 0 saturated heterocycles. The minimum atomic E-state index is -1.01. The van der Waals surface area contributed by atoms with E-state index in [0.717, 1.165) is 17.3 Å². The van der Waals surface area contributed by atoms with Gasteiger partial charge in [0.1, 0.15) is 10.0 Å². The van der Waals surface area contributed by atoms with E-state index in [4.69, 9.17) is 45.3 Å². The number of anilines is 1. The first-order chi connectivity index (χ1) is 10.9. The lowest BCUT2D eigenvalue weighted by atomic mass is 10.2. The Morgan fingerprint density at radius 1 is 1.30 bits per heavy atom. The van der Waals surface area contributed by atoms with Gasteiger partial charge in [0.25, 0.3) is 0 Å². The molecule has 0 aliphatic carbocycles. The number of thioether (sulfide) groups is 1. The summed E-state index contributed by atoms with van der Waals surface area (Å²) in [6.07, 6.45) is 0. The Bertz CT molecular complexity index is 746. The molecule has 0 fully saturated rings. The Morgan fingerprint density at radius 2 is 2.04 bits per heavy atom. The van der Waals surface area contributed by atoms with Crippen LogP contribution in [0.2, 0.25) is 15.1 Å². The van der Waals surface area contributed by atoms with Crippen LogP contribution in [0.3, 0.4) is 0 Å². The number of aromatic nitrogens is 1. The molecule has 122 valence electrons. The zero-order chi connectivity index (χ0) is 17.0. The summed E-state index contributed by atoms with van der Waals surface area (Å²) in [4.78, 5) is 15.2. The van der Waals surface area contributed by atoms with Crippen LogP contribution in [0, 0.1) is 5.95 Å². The number of nitrogen functional groups attached to an aromatic ring is 1. The molecule has 9 heteroatoms. The molecule has 1 heterocycles. The maximum absolute atomic E-state index is 13.4. The van der Waals surface area contributed by atoms with Gasteiger partial charge in [-0.25, -0.2) is 0 Å². The smallest absolute Gasteiger partial charge is 0.238 e. The van der Waals surface area contributed by atoms with Crippen LogP contribution in [-0.2, 0) is 10.5 Å².